The molecule has 0 unspecified atom stereocenters. The number of carbonyl (C=O) groups is 1. The van der Waals surface area contributed by atoms with Crippen molar-refractivity contribution in [1.82, 2.24) is 5.32 Å². The summed E-state index contributed by atoms with van der Waals surface area (Å²) >= 11 is 0. The van der Waals surface area contributed by atoms with Crippen LogP contribution in [0.4, 0.5) is 0 Å². The summed E-state index contributed by atoms with van der Waals surface area (Å²) in [5.41, 5.74) is 1.60. The third-order valence-electron chi connectivity index (χ3n) is 2.19. The van der Waals surface area contributed by atoms with Gasteiger partial charge in [-0.05, 0) is 19.1 Å². The molecular formula is C15H17NO. The number of rotatable bonds is 6. The van der Waals surface area contributed by atoms with E-state index in [1.165, 1.54) is 0 Å². The normalized spacial score (nSPS) is 11.5. The molecule has 0 aliphatic rings. The van der Waals surface area contributed by atoms with Gasteiger partial charge < -0.3 is 5.32 Å². The van der Waals surface area contributed by atoms with Crippen molar-refractivity contribution >= 4 is 5.78 Å². The second-order valence-corrected chi connectivity index (χ2v) is 3.50. The fourth-order valence-corrected chi connectivity index (χ4v) is 1.39. The molecule has 0 aromatic heterocycles. The van der Waals surface area contributed by atoms with Crippen LogP contribution in [0.25, 0.3) is 0 Å². The zero-order valence-electron chi connectivity index (χ0n) is 10.0. The van der Waals surface area contributed by atoms with Gasteiger partial charge in [0.1, 0.15) is 0 Å². The van der Waals surface area contributed by atoms with Gasteiger partial charge >= 0.3 is 0 Å². The first kappa shape index (κ1) is 13.0. The van der Waals surface area contributed by atoms with Crippen LogP contribution in [0.5, 0.6) is 0 Å². The maximum atomic E-state index is 11.8. The van der Waals surface area contributed by atoms with Crippen LogP contribution < -0.4 is 5.32 Å². The molecule has 0 atom stereocenters. The number of nitrogens with one attached hydrogen (secondary N) is 1. The number of Topliss-reactive ketones (excluding diaryl/α,β-unsaturated/α-hetero) is 1. The highest BCUT2D eigenvalue weighted by molar-refractivity contribution is 5.97. The molecule has 0 radical (unpaired) electrons. The largest absolute Gasteiger partial charge is 0.378 e. The van der Waals surface area contributed by atoms with E-state index < -0.39 is 0 Å². The van der Waals surface area contributed by atoms with Gasteiger partial charge in [0.2, 0.25) is 0 Å². The Kier molecular flexibility index (Phi) is 5.52. The molecular weight excluding hydrogens is 210 g/mol. The Hall–Kier alpha value is -2.09. The lowest BCUT2D eigenvalue weighted by Gasteiger charge is -2.06. The zero-order chi connectivity index (χ0) is 12.5. The minimum absolute atomic E-state index is 0.0741. The van der Waals surface area contributed by atoms with Crippen molar-refractivity contribution in [2.45, 2.75) is 6.92 Å². The van der Waals surface area contributed by atoms with E-state index in [0.29, 0.717) is 0 Å². The van der Waals surface area contributed by atoms with Gasteiger partial charge in [0, 0.05) is 11.3 Å². The Labute approximate surface area is 102 Å². The van der Waals surface area contributed by atoms with Gasteiger partial charge in [0.25, 0.3) is 0 Å². The number of carbonyl (C=O) groups excluding carboxylic acids is 1. The van der Waals surface area contributed by atoms with E-state index in [-0.39, 0.29) is 12.3 Å². The minimum atomic E-state index is 0.0741. The van der Waals surface area contributed by atoms with Crippen LogP contribution >= 0.6 is 0 Å². The van der Waals surface area contributed by atoms with Crippen LogP contribution in [0, 0.1) is 0 Å². The first-order valence-electron chi connectivity index (χ1n) is 5.55. The predicted molar refractivity (Wildman–Crippen MR) is 71.9 cm³/mol. The maximum absolute atomic E-state index is 11.8. The SMILES string of the molecule is C=C/C=C(\C=C/C)NCC(=O)c1ccccc1. The molecule has 0 saturated heterocycles. The third kappa shape index (κ3) is 4.51. The summed E-state index contributed by atoms with van der Waals surface area (Å²) in [4.78, 5) is 11.8. The number of benzene rings is 1. The standard InChI is InChI=1S/C15H17NO/c1-3-8-14(9-4-2)16-12-15(17)13-10-6-5-7-11-13/h3-11,16H,1,12H2,2H3/b9-4-,14-8+. The number of hydrogen-bond acceptors (Lipinski definition) is 2. The summed E-state index contributed by atoms with van der Waals surface area (Å²) in [6.45, 7) is 5.85. The summed E-state index contributed by atoms with van der Waals surface area (Å²) < 4.78 is 0. The first-order valence-corrected chi connectivity index (χ1v) is 5.55. The lowest BCUT2D eigenvalue weighted by atomic mass is 10.1. The van der Waals surface area contributed by atoms with Crippen LogP contribution in [0.3, 0.4) is 0 Å². The molecule has 2 heteroatoms. The summed E-state index contributed by atoms with van der Waals surface area (Å²) in [7, 11) is 0. The summed E-state index contributed by atoms with van der Waals surface area (Å²) in [5, 5.41) is 3.07. The van der Waals surface area contributed by atoms with Crippen LogP contribution in [0.15, 0.2) is 66.9 Å². The molecule has 0 spiro atoms. The van der Waals surface area contributed by atoms with Gasteiger partial charge in [0.05, 0.1) is 6.54 Å². The van der Waals surface area contributed by atoms with Crippen molar-refractivity contribution in [2.75, 3.05) is 6.54 Å². The van der Waals surface area contributed by atoms with Crippen molar-refractivity contribution in [2.24, 2.45) is 0 Å². The lowest BCUT2D eigenvalue weighted by Crippen LogP contribution is -2.21. The molecule has 0 aliphatic carbocycles. The van der Waals surface area contributed by atoms with E-state index in [4.69, 9.17) is 0 Å². The Bertz CT molecular complexity index is 429. The predicted octanol–water partition coefficient (Wildman–Crippen LogP) is 3.10. The molecule has 0 aliphatic heterocycles. The maximum Gasteiger partial charge on any atom is 0.181 e. The van der Waals surface area contributed by atoms with Gasteiger partial charge in [-0.15, -0.1) is 0 Å². The molecule has 1 aromatic carbocycles. The van der Waals surface area contributed by atoms with Gasteiger partial charge in [-0.25, -0.2) is 0 Å². The topological polar surface area (TPSA) is 29.1 Å². The van der Waals surface area contributed by atoms with Crippen LogP contribution in [0.2, 0.25) is 0 Å². The van der Waals surface area contributed by atoms with E-state index >= 15 is 0 Å². The highest BCUT2D eigenvalue weighted by Gasteiger charge is 2.03. The Morgan fingerprint density at radius 3 is 2.65 bits per heavy atom. The molecule has 17 heavy (non-hydrogen) atoms. The third-order valence-corrected chi connectivity index (χ3v) is 2.19. The van der Waals surface area contributed by atoms with E-state index in [9.17, 15) is 4.79 Å². The molecule has 0 saturated carbocycles. The van der Waals surface area contributed by atoms with Gasteiger partial charge in [-0.3, -0.25) is 4.79 Å². The summed E-state index contributed by atoms with van der Waals surface area (Å²) in [5.74, 6) is 0.0741. The lowest BCUT2D eigenvalue weighted by molar-refractivity contribution is 0.0994. The molecule has 1 rings (SSSR count). The molecule has 1 aromatic rings. The molecule has 0 heterocycles. The number of ketones is 1. The highest BCUT2D eigenvalue weighted by atomic mass is 16.1. The highest BCUT2D eigenvalue weighted by Crippen LogP contribution is 2.00. The summed E-state index contributed by atoms with van der Waals surface area (Å²) in [6, 6.07) is 9.25. The second-order valence-electron chi connectivity index (χ2n) is 3.50. The minimum Gasteiger partial charge on any atom is -0.378 e. The van der Waals surface area contributed by atoms with Gasteiger partial charge in [0.15, 0.2) is 5.78 Å². The Morgan fingerprint density at radius 1 is 1.35 bits per heavy atom. The monoisotopic (exact) mass is 227 g/mol. The second kappa shape index (κ2) is 7.23. The molecule has 0 amide bonds. The van der Waals surface area contributed by atoms with Crippen LogP contribution in [0.1, 0.15) is 17.3 Å². The van der Waals surface area contributed by atoms with Crippen molar-refractivity contribution in [1.29, 1.82) is 0 Å². The molecule has 0 bridgehead atoms. The summed E-state index contributed by atoms with van der Waals surface area (Å²) in [6.07, 6.45) is 7.34. The quantitative estimate of drug-likeness (QED) is 0.597. The molecule has 88 valence electrons. The van der Waals surface area contributed by atoms with Crippen molar-refractivity contribution in [3.05, 3.63) is 72.5 Å². The smallest absolute Gasteiger partial charge is 0.181 e. The van der Waals surface area contributed by atoms with E-state index in [1.54, 1.807) is 6.08 Å². The molecule has 1 N–H and O–H groups in total. The molecule has 2 nitrogen and oxygen atoms in total. The number of allylic oxidation sites excluding steroid dienone is 4. The van der Waals surface area contributed by atoms with Crippen LogP contribution in [-0.4, -0.2) is 12.3 Å². The molecule has 0 fully saturated rings. The Morgan fingerprint density at radius 2 is 2.06 bits per heavy atom. The zero-order valence-corrected chi connectivity index (χ0v) is 10.0. The van der Waals surface area contributed by atoms with Crippen molar-refractivity contribution < 1.29 is 4.79 Å². The fraction of sp³-hybridized carbons (Fsp3) is 0.133. The number of hydrogen-bond donors (Lipinski definition) is 1. The fourth-order valence-electron chi connectivity index (χ4n) is 1.39. The van der Waals surface area contributed by atoms with E-state index in [2.05, 4.69) is 11.9 Å². The average Bonchev–Trinajstić information content (AvgIpc) is 2.37. The van der Waals surface area contributed by atoms with Crippen molar-refractivity contribution in [3.63, 3.8) is 0 Å². The van der Waals surface area contributed by atoms with Crippen LogP contribution in [-0.2, 0) is 0 Å². The van der Waals surface area contributed by atoms with E-state index in [1.807, 2.05) is 55.5 Å². The van der Waals surface area contributed by atoms with E-state index in [0.717, 1.165) is 11.3 Å². The first-order chi connectivity index (χ1) is 8.27. The van der Waals surface area contributed by atoms with Crippen molar-refractivity contribution in [3.8, 4) is 0 Å². The van der Waals surface area contributed by atoms with Gasteiger partial charge in [-0.1, -0.05) is 49.1 Å². The average molecular weight is 227 g/mol. The Balaban J connectivity index is 2.59. The van der Waals surface area contributed by atoms with Gasteiger partial charge in [-0.2, -0.15) is 0 Å².